The van der Waals surface area contributed by atoms with Crippen LogP contribution < -0.4 is 10.1 Å². The summed E-state index contributed by atoms with van der Waals surface area (Å²) >= 11 is 0. The highest BCUT2D eigenvalue weighted by molar-refractivity contribution is 5.50. The molecule has 3 nitrogen and oxygen atoms in total. The number of ether oxygens (including phenoxy) is 1. The SMILES string of the molecule is COc1ccnc(NCC(C)CC(F)F)c1C. The summed E-state index contributed by atoms with van der Waals surface area (Å²) < 4.78 is 29.4. The molecule has 0 saturated carbocycles. The lowest BCUT2D eigenvalue weighted by Gasteiger charge is -2.15. The van der Waals surface area contributed by atoms with Gasteiger partial charge in [-0.25, -0.2) is 13.8 Å². The Hall–Kier alpha value is -1.39. The summed E-state index contributed by atoms with van der Waals surface area (Å²) in [5.74, 6) is 1.33. The van der Waals surface area contributed by atoms with Gasteiger partial charge in [0.15, 0.2) is 0 Å². The van der Waals surface area contributed by atoms with Gasteiger partial charge in [-0.3, -0.25) is 0 Å². The number of nitrogens with zero attached hydrogens (tertiary/aromatic N) is 1. The fourth-order valence-corrected chi connectivity index (χ4v) is 1.58. The number of halogens is 2. The largest absolute Gasteiger partial charge is 0.496 e. The van der Waals surface area contributed by atoms with Crippen LogP contribution >= 0.6 is 0 Å². The molecule has 0 fully saturated rings. The van der Waals surface area contributed by atoms with Gasteiger partial charge in [-0.15, -0.1) is 0 Å². The summed E-state index contributed by atoms with van der Waals surface area (Å²) in [6.07, 6.45) is -0.728. The molecule has 0 saturated heterocycles. The molecule has 1 unspecified atom stereocenters. The van der Waals surface area contributed by atoms with Crippen molar-refractivity contribution in [3.05, 3.63) is 17.8 Å². The van der Waals surface area contributed by atoms with Crippen LogP contribution in [0.5, 0.6) is 5.75 Å². The van der Waals surface area contributed by atoms with Gasteiger partial charge < -0.3 is 10.1 Å². The number of rotatable bonds is 6. The van der Waals surface area contributed by atoms with E-state index in [1.165, 1.54) is 0 Å². The number of hydrogen-bond donors (Lipinski definition) is 1. The normalized spacial score (nSPS) is 12.6. The molecule has 96 valence electrons. The van der Waals surface area contributed by atoms with Crippen molar-refractivity contribution < 1.29 is 13.5 Å². The molecule has 0 aliphatic rings. The molecular formula is C12H18F2N2O. The Bertz CT molecular complexity index is 358. The van der Waals surface area contributed by atoms with Crippen LogP contribution in [0, 0.1) is 12.8 Å². The van der Waals surface area contributed by atoms with Crippen LogP contribution in [-0.2, 0) is 0 Å². The van der Waals surface area contributed by atoms with Crippen molar-refractivity contribution in [2.24, 2.45) is 5.92 Å². The Balaban J connectivity index is 2.57. The molecule has 1 aromatic rings. The van der Waals surface area contributed by atoms with E-state index in [1.54, 1.807) is 26.3 Å². The van der Waals surface area contributed by atoms with Crippen molar-refractivity contribution in [3.63, 3.8) is 0 Å². The number of nitrogens with one attached hydrogen (secondary N) is 1. The van der Waals surface area contributed by atoms with Gasteiger partial charge in [0.05, 0.1) is 7.11 Å². The van der Waals surface area contributed by atoms with Gasteiger partial charge in [-0.1, -0.05) is 6.92 Å². The molecule has 17 heavy (non-hydrogen) atoms. The summed E-state index contributed by atoms with van der Waals surface area (Å²) in [5, 5.41) is 3.07. The van der Waals surface area contributed by atoms with E-state index in [1.807, 2.05) is 6.92 Å². The zero-order valence-electron chi connectivity index (χ0n) is 10.3. The molecule has 0 aliphatic heterocycles. The average molecular weight is 244 g/mol. The highest BCUT2D eigenvalue weighted by Gasteiger charge is 2.11. The van der Waals surface area contributed by atoms with Crippen molar-refractivity contribution in [1.82, 2.24) is 4.98 Å². The molecule has 1 heterocycles. The van der Waals surface area contributed by atoms with Gasteiger partial charge in [-0.2, -0.15) is 0 Å². The van der Waals surface area contributed by atoms with Crippen LogP contribution in [0.25, 0.3) is 0 Å². The quantitative estimate of drug-likeness (QED) is 0.835. The van der Waals surface area contributed by atoms with Gasteiger partial charge in [0.1, 0.15) is 11.6 Å². The second-order valence-electron chi connectivity index (χ2n) is 4.10. The van der Waals surface area contributed by atoms with Gasteiger partial charge in [0, 0.05) is 24.7 Å². The van der Waals surface area contributed by atoms with Crippen LogP contribution in [0.2, 0.25) is 0 Å². The Kier molecular flexibility index (Phi) is 5.12. The molecule has 5 heteroatoms. The maximum absolute atomic E-state index is 12.1. The van der Waals surface area contributed by atoms with Gasteiger partial charge in [-0.05, 0) is 18.9 Å². The van der Waals surface area contributed by atoms with E-state index < -0.39 is 6.43 Å². The van der Waals surface area contributed by atoms with E-state index >= 15 is 0 Å². The first-order valence-corrected chi connectivity index (χ1v) is 5.56. The third kappa shape index (κ3) is 4.17. The van der Waals surface area contributed by atoms with E-state index in [9.17, 15) is 8.78 Å². The molecule has 0 aromatic carbocycles. The van der Waals surface area contributed by atoms with E-state index in [0.29, 0.717) is 12.4 Å². The van der Waals surface area contributed by atoms with E-state index in [-0.39, 0.29) is 12.3 Å². The molecule has 0 spiro atoms. The molecule has 0 amide bonds. The first-order chi connectivity index (χ1) is 8.04. The molecule has 1 aromatic heterocycles. The monoisotopic (exact) mass is 244 g/mol. The second kappa shape index (κ2) is 6.37. The minimum atomic E-state index is -2.26. The van der Waals surface area contributed by atoms with Crippen molar-refractivity contribution in [2.75, 3.05) is 19.0 Å². The van der Waals surface area contributed by atoms with Crippen molar-refractivity contribution >= 4 is 5.82 Å². The Morgan fingerprint density at radius 2 is 2.18 bits per heavy atom. The third-order valence-electron chi connectivity index (χ3n) is 2.57. The van der Waals surface area contributed by atoms with Gasteiger partial charge in [0.25, 0.3) is 0 Å². The van der Waals surface area contributed by atoms with Crippen molar-refractivity contribution in [2.45, 2.75) is 26.7 Å². The zero-order valence-corrected chi connectivity index (χ0v) is 10.3. The molecule has 0 aliphatic carbocycles. The van der Waals surface area contributed by atoms with E-state index in [4.69, 9.17) is 4.74 Å². The zero-order chi connectivity index (χ0) is 12.8. The van der Waals surface area contributed by atoms with Crippen molar-refractivity contribution in [3.8, 4) is 5.75 Å². The lowest BCUT2D eigenvalue weighted by atomic mass is 10.1. The number of pyridine rings is 1. The third-order valence-corrected chi connectivity index (χ3v) is 2.57. The van der Waals surface area contributed by atoms with Gasteiger partial charge >= 0.3 is 0 Å². The maximum atomic E-state index is 12.1. The van der Waals surface area contributed by atoms with Gasteiger partial charge in [0.2, 0.25) is 6.43 Å². The minimum Gasteiger partial charge on any atom is -0.496 e. The average Bonchev–Trinajstić information content (AvgIpc) is 2.27. The maximum Gasteiger partial charge on any atom is 0.239 e. The highest BCUT2D eigenvalue weighted by atomic mass is 19.3. The molecule has 0 radical (unpaired) electrons. The molecule has 1 N–H and O–H groups in total. The lowest BCUT2D eigenvalue weighted by Crippen LogP contribution is -2.15. The Labute approximate surface area is 100 Å². The summed E-state index contributed by atoms with van der Waals surface area (Å²) in [6, 6.07) is 1.77. The number of hydrogen-bond acceptors (Lipinski definition) is 3. The van der Waals surface area contributed by atoms with E-state index in [0.717, 1.165) is 11.3 Å². The summed E-state index contributed by atoms with van der Waals surface area (Å²) in [5.41, 5.74) is 0.888. The molecule has 1 atom stereocenters. The Morgan fingerprint density at radius 1 is 1.47 bits per heavy atom. The second-order valence-corrected chi connectivity index (χ2v) is 4.10. The predicted molar refractivity (Wildman–Crippen MR) is 63.8 cm³/mol. The minimum absolute atomic E-state index is 0.0950. The first kappa shape index (κ1) is 13.7. The summed E-state index contributed by atoms with van der Waals surface area (Å²) in [4.78, 5) is 4.16. The standard InChI is InChI=1S/C12H18F2N2O/c1-8(6-11(13)14)7-16-12-9(2)10(17-3)4-5-15-12/h4-5,8,11H,6-7H2,1-3H3,(H,15,16). The van der Waals surface area contributed by atoms with Crippen LogP contribution in [-0.4, -0.2) is 25.1 Å². The number of alkyl halides is 2. The summed E-state index contributed by atoms with van der Waals surface area (Å²) in [7, 11) is 1.59. The number of anilines is 1. The number of aromatic nitrogens is 1. The molecular weight excluding hydrogens is 226 g/mol. The highest BCUT2D eigenvalue weighted by Crippen LogP contribution is 2.23. The predicted octanol–water partition coefficient (Wildman–Crippen LogP) is 3.10. The van der Waals surface area contributed by atoms with Crippen LogP contribution in [0.4, 0.5) is 14.6 Å². The molecule has 1 rings (SSSR count). The number of methoxy groups -OCH3 is 1. The summed E-state index contributed by atoms with van der Waals surface area (Å²) in [6.45, 7) is 4.14. The fourth-order valence-electron chi connectivity index (χ4n) is 1.58. The van der Waals surface area contributed by atoms with E-state index in [2.05, 4.69) is 10.3 Å². The smallest absolute Gasteiger partial charge is 0.239 e. The van der Waals surface area contributed by atoms with Crippen LogP contribution in [0.15, 0.2) is 12.3 Å². The Morgan fingerprint density at radius 3 is 2.76 bits per heavy atom. The fraction of sp³-hybridized carbons (Fsp3) is 0.583. The van der Waals surface area contributed by atoms with Crippen LogP contribution in [0.3, 0.4) is 0 Å². The first-order valence-electron chi connectivity index (χ1n) is 5.56. The van der Waals surface area contributed by atoms with Crippen molar-refractivity contribution in [1.29, 1.82) is 0 Å². The lowest BCUT2D eigenvalue weighted by molar-refractivity contribution is 0.120. The van der Waals surface area contributed by atoms with Crippen LogP contribution in [0.1, 0.15) is 18.9 Å². The molecule has 0 bridgehead atoms. The topological polar surface area (TPSA) is 34.1 Å².